The molecule has 1 fully saturated rings. The molecule has 0 heterocycles. The third-order valence-electron chi connectivity index (χ3n) is 3.45. The lowest BCUT2D eigenvalue weighted by molar-refractivity contribution is 0.156. The SMILES string of the molecule is CS(=O)(=O)C1CCCC(Oc2cc(F)ccc2N)C1. The van der Waals surface area contributed by atoms with Crippen molar-refractivity contribution in [1.29, 1.82) is 0 Å². The molecule has 2 rings (SSSR count). The Labute approximate surface area is 112 Å². The van der Waals surface area contributed by atoms with Crippen LogP contribution in [0.5, 0.6) is 5.75 Å². The Morgan fingerprint density at radius 2 is 2.11 bits per heavy atom. The van der Waals surface area contributed by atoms with Gasteiger partial charge in [-0.15, -0.1) is 0 Å². The van der Waals surface area contributed by atoms with Crippen LogP contribution in [0.15, 0.2) is 18.2 Å². The first-order valence-electron chi connectivity index (χ1n) is 6.27. The fourth-order valence-electron chi connectivity index (χ4n) is 2.39. The number of hydrogen-bond donors (Lipinski definition) is 1. The van der Waals surface area contributed by atoms with E-state index in [2.05, 4.69) is 0 Å². The molecule has 1 aliphatic rings. The van der Waals surface area contributed by atoms with Gasteiger partial charge in [-0.3, -0.25) is 0 Å². The molecular weight excluding hydrogens is 269 g/mol. The minimum atomic E-state index is -3.05. The van der Waals surface area contributed by atoms with Gasteiger partial charge in [-0.25, -0.2) is 12.8 Å². The molecule has 1 saturated carbocycles. The summed E-state index contributed by atoms with van der Waals surface area (Å²) in [5, 5.41) is -0.374. The van der Waals surface area contributed by atoms with E-state index in [0.717, 1.165) is 12.8 Å². The van der Waals surface area contributed by atoms with Gasteiger partial charge in [0.25, 0.3) is 0 Å². The maximum absolute atomic E-state index is 13.1. The second kappa shape index (κ2) is 5.36. The second-order valence-corrected chi connectivity index (χ2v) is 7.37. The van der Waals surface area contributed by atoms with Crippen molar-refractivity contribution in [3.63, 3.8) is 0 Å². The maximum Gasteiger partial charge on any atom is 0.150 e. The van der Waals surface area contributed by atoms with E-state index in [1.807, 2.05) is 0 Å². The van der Waals surface area contributed by atoms with Crippen LogP contribution in [0.2, 0.25) is 0 Å². The fraction of sp³-hybridized carbons (Fsp3) is 0.538. The van der Waals surface area contributed by atoms with Crippen molar-refractivity contribution in [2.24, 2.45) is 0 Å². The van der Waals surface area contributed by atoms with Gasteiger partial charge in [-0.05, 0) is 31.4 Å². The quantitative estimate of drug-likeness (QED) is 0.865. The summed E-state index contributed by atoms with van der Waals surface area (Å²) in [5.41, 5.74) is 6.08. The fourth-order valence-corrected chi connectivity index (χ4v) is 3.55. The molecule has 0 radical (unpaired) electrons. The van der Waals surface area contributed by atoms with Gasteiger partial charge in [0.2, 0.25) is 0 Å². The van der Waals surface area contributed by atoms with Crippen LogP contribution in [0, 0.1) is 5.82 Å². The van der Waals surface area contributed by atoms with Crippen molar-refractivity contribution in [1.82, 2.24) is 0 Å². The molecule has 0 amide bonds. The third kappa shape index (κ3) is 3.59. The third-order valence-corrected chi connectivity index (χ3v) is 5.09. The van der Waals surface area contributed by atoms with Crippen molar-refractivity contribution in [3.8, 4) is 5.75 Å². The topological polar surface area (TPSA) is 69.4 Å². The Hall–Kier alpha value is -1.30. The van der Waals surface area contributed by atoms with Crippen molar-refractivity contribution < 1.29 is 17.5 Å². The minimum absolute atomic E-state index is 0.224. The lowest BCUT2D eigenvalue weighted by atomic mass is 9.97. The molecule has 19 heavy (non-hydrogen) atoms. The zero-order chi connectivity index (χ0) is 14.0. The smallest absolute Gasteiger partial charge is 0.150 e. The van der Waals surface area contributed by atoms with Crippen molar-refractivity contribution >= 4 is 15.5 Å². The standard InChI is InChI=1S/C13H18FNO3S/c1-19(16,17)11-4-2-3-10(8-11)18-13-7-9(14)5-6-12(13)15/h5-7,10-11H,2-4,8,15H2,1H3. The summed E-state index contributed by atoms with van der Waals surface area (Å²) < 4.78 is 41.9. The molecule has 2 N–H and O–H groups in total. The summed E-state index contributed by atoms with van der Waals surface area (Å²) >= 11 is 0. The van der Waals surface area contributed by atoms with E-state index in [1.54, 1.807) is 0 Å². The Bertz CT molecular complexity index is 559. The number of halogens is 1. The van der Waals surface area contributed by atoms with Gasteiger partial charge < -0.3 is 10.5 Å². The summed E-state index contributed by atoms with van der Waals surface area (Å²) in [7, 11) is -3.05. The average molecular weight is 287 g/mol. The van der Waals surface area contributed by atoms with E-state index < -0.39 is 15.7 Å². The number of benzene rings is 1. The predicted octanol–water partition coefficient (Wildman–Crippen LogP) is 2.14. The number of ether oxygens (including phenoxy) is 1. The summed E-state index contributed by atoms with van der Waals surface area (Å²) in [6.07, 6.45) is 3.68. The van der Waals surface area contributed by atoms with E-state index in [0.29, 0.717) is 24.3 Å². The summed E-state index contributed by atoms with van der Waals surface area (Å²) in [5.74, 6) is -0.126. The molecule has 4 nitrogen and oxygen atoms in total. The highest BCUT2D eigenvalue weighted by atomic mass is 32.2. The number of rotatable bonds is 3. The minimum Gasteiger partial charge on any atom is -0.488 e. The molecule has 0 spiro atoms. The molecule has 1 aliphatic carbocycles. The Balaban J connectivity index is 2.09. The lowest BCUT2D eigenvalue weighted by Crippen LogP contribution is -2.33. The van der Waals surface area contributed by atoms with E-state index in [9.17, 15) is 12.8 Å². The summed E-state index contributed by atoms with van der Waals surface area (Å²) in [6.45, 7) is 0. The van der Waals surface area contributed by atoms with Crippen LogP contribution in [-0.4, -0.2) is 26.0 Å². The van der Waals surface area contributed by atoms with Gasteiger partial charge in [0.1, 0.15) is 27.5 Å². The second-order valence-electron chi connectivity index (χ2n) is 5.04. The van der Waals surface area contributed by atoms with Crippen molar-refractivity contribution in [2.45, 2.75) is 37.0 Å². The molecule has 2 atom stereocenters. The van der Waals surface area contributed by atoms with Crippen LogP contribution < -0.4 is 10.5 Å². The highest BCUT2D eigenvalue weighted by Gasteiger charge is 2.30. The molecule has 6 heteroatoms. The molecule has 1 aromatic carbocycles. The normalized spacial score (nSPS) is 24.1. The van der Waals surface area contributed by atoms with Gasteiger partial charge in [0, 0.05) is 18.7 Å². The van der Waals surface area contributed by atoms with Gasteiger partial charge >= 0.3 is 0 Å². The predicted molar refractivity (Wildman–Crippen MR) is 72.3 cm³/mol. The van der Waals surface area contributed by atoms with Crippen LogP contribution in [0.3, 0.4) is 0 Å². The number of hydrogen-bond acceptors (Lipinski definition) is 4. The summed E-state index contributed by atoms with van der Waals surface area (Å²) in [4.78, 5) is 0. The van der Waals surface area contributed by atoms with E-state index in [4.69, 9.17) is 10.5 Å². The average Bonchev–Trinajstić information content (AvgIpc) is 2.33. The number of sulfone groups is 1. The van der Waals surface area contributed by atoms with Gasteiger partial charge in [-0.2, -0.15) is 0 Å². The molecule has 0 aliphatic heterocycles. The van der Waals surface area contributed by atoms with E-state index in [-0.39, 0.29) is 11.4 Å². The zero-order valence-electron chi connectivity index (χ0n) is 10.8. The first-order valence-corrected chi connectivity index (χ1v) is 8.22. The zero-order valence-corrected chi connectivity index (χ0v) is 11.6. The molecule has 2 unspecified atom stereocenters. The Morgan fingerprint density at radius 1 is 1.37 bits per heavy atom. The maximum atomic E-state index is 13.1. The lowest BCUT2D eigenvalue weighted by Gasteiger charge is -2.28. The van der Waals surface area contributed by atoms with Crippen LogP contribution in [0.4, 0.5) is 10.1 Å². The number of nitrogens with two attached hydrogens (primary N) is 1. The first-order chi connectivity index (χ1) is 8.86. The Kier molecular flexibility index (Phi) is 3.99. The molecule has 0 saturated heterocycles. The van der Waals surface area contributed by atoms with Gasteiger partial charge in [0.05, 0.1) is 10.9 Å². The molecule has 0 bridgehead atoms. The van der Waals surface area contributed by atoms with E-state index in [1.165, 1.54) is 24.5 Å². The highest BCUT2D eigenvalue weighted by Crippen LogP contribution is 2.30. The monoisotopic (exact) mass is 287 g/mol. The van der Waals surface area contributed by atoms with Crippen LogP contribution in [0.25, 0.3) is 0 Å². The van der Waals surface area contributed by atoms with Gasteiger partial charge in [-0.1, -0.05) is 0 Å². The number of nitrogen functional groups attached to an aromatic ring is 1. The molecule has 1 aromatic rings. The Morgan fingerprint density at radius 3 is 2.79 bits per heavy atom. The van der Waals surface area contributed by atoms with Crippen molar-refractivity contribution in [3.05, 3.63) is 24.0 Å². The van der Waals surface area contributed by atoms with Crippen molar-refractivity contribution in [2.75, 3.05) is 12.0 Å². The molecular formula is C13H18FNO3S. The summed E-state index contributed by atoms with van der Waals surface area (Å²) in [6, 6.07) is 3.95. The highest BCUT2D eigenvalue weighted by molar-refractivity contribution is 7.91. The number of anilines is 1. The largest absolute Gasteiger partial charge is 0.488 e. The van der Waals surface area contributed by atoms with Crippen LogP contribution in [0.1, 0.15) is 25.7 Å². The van der Waals surface area contributed by atoms with E-state index >= 15 is 0 Å². The molecule has 106 valence electrons. The molecule has 0 aromatic heterocycles. The van der Waals surface area contributed by atoms with Crippen LogP contribution in [-0.2, 0) is 9.84 Å². The van der Waals surface area contributed by atoms with Crippen LogP contribution >= 0.6 is 0 Å². The van der Waals surface area contributed by atoms with Gasteiger partial charge in [0.15, 0.2) is 0 Å². The first kappa shape index (κ1) is 14.1.